The molecule has 96 valence electrons. The van der Waals surface area contributed by atoms with Crippen molar-refractivity contribution in [3.05, 3.63) is 59.8 Å². The third kappa shape index (κ3) is 2.13. The summed E-state index contributed by atoms with van der Waals surface area (Å²) in [6.45, 7) is 3.02. The Morgan fingerprint density at radius 2 is 2.00 bits per heavy atom. The third-order valence-electron chi connectivity index (χ3n) is 3.35. The molecule has 0 atom stereocenters. The van der Waals surface area contributed by atoms with Gasteiger partial charge in [0, 0.05) is 11.9 Å². The smallest absolute Gasteiger partial charge is 0.0741 e. The van der Waals surface area contributed by atoms with Crippen LogP contribution in [0.2, 0.25) is 0 Å². The maximum atomic E-state index is 4.50. The van der Waals surface area contributed by atoms with Gasteiger partial charge in [0.15, 0.2) is 0 Å². The molecule has 3 heteroatoms. The van der Waals surface area contributed by atoms with Crippen LogP contribution in [0.15, 0.2) is 48.7 Å². The molecule has 0 radical (unpaired) electrons. The predicted octanol–water partition coefficient (Wildman–Crippen LogP) is 3.05. The van der Waals surface area contributed by atoms with Crippen molar-refractivity contribution >= 4 is 10.9 Å². The van der Waals surface area contributed by atoms with Crippen molar-refractivity contribution in [2.45, 2.75) is 13.5 Å². The molecule has 2 aromatic carbocycles. The van der Waals surface area contributed by atoms with Gasteiger partial charge in [-0.2, -0.15) is 5.10 Å². The van der Waals surface area contributed by atoms with Gasteiger partial charge < -0.3 is 5.32 Å². The molecular formula is C16H17N3. The zero-order valence-corrected chi connectivity index (χ0v) is 11.2. The van der Waals surface area contributed by atoms with Gasteiger partial charge in [-0.1, -0.05) is 30.3 Å². The van der Waals surface area contributed by atoms with Crippen LogP contribution in [0.4, 0.5) is 0 Å². The molecule has 0 saturated carbocycles. The largest absolute Gasteiger partial charge is 0.316 e. The molecule has 0 saturated heterocycles. The van der Waals surface area contributed by atoms with Gasteiger partial charge in [0.2, 0.25) is 0 Å². The second-order valence-electron chi connectivity index (χ2n) is 4.77. The standard InChI is InChI=1S/C16H17N3/c1-12-9-13(10-17-2)7-8-15(12)19-16-6-4-3-5-14(16)11-18-19/h3-9,11,17H,10H2,1-2H3. The molecule has 3 aromatic rings. The number of hydrogen-bond acceptors (Lipinski definition) is 2. The summed E-state index contributed by atoms with van der Waals surface area (Å²) < 4.78 is 2.01. The summed E-state index contributed by atoms with van der Waals surface area (Å²) in [6, 6.07) is 14.8. The molecule has 1 heterocycles. The molecule has 0 spiro atoms. The first kappa shape index (κ1) is 11.9. The number of fused-ring (bicyclic) bond motifs is 1. The van der Waals surface area contributed by atoms with E-state index in [1.807, 2.05) is 30.1 Å². The van der Waals surface area contributed by atoms with Gasteiger partial charge in [-0.05, 0) is 37.2 Å². The second-order valence-corrected chi connectivity index (χ2v) is 4.77. The SMILES string of the molecule is CNCc1ccc(-n2ncc3ccccc32)c(C)c1. The minimum atomic E-state index is 0.890. The van der Waals surface area contributed by atoms with E-state index in [0.29, 0.717) is 0 Å². The molecule has 0 fully saturated rings. The quantitative estimate of drug-likeness (QED) is 0.775. The average Bonchev–Trinajstić information content (AvgIpc) is 2.83. The monoisotopic (exact) mass is 251 g/mol. The van der Waals surface area contributed by atoms with Crippen LogP contribution in [0, 0.1) is 6.92 Å². The maximum Gasteiger partial charge on any atom is 0.0741 e. The summed E-state index contributed by atoms with van der Waals surface area (Å²) in [5, 5.41) is 8.84. The molecule has 0 amide bonds. The number of nitrogens with one attached hydrogen (secondary N) is 1. The van der Waals surface area contributed by atoms with E-state index >= 15 is 0 Å². The van der Waals surface area contributed by atoms with Crippen LogP contribution in [0.5, 0.6) is 0 Å². The topological polar surface area (TPSA) is 29.9 Å². The van der Waals surface area contributed by atoms with Gasteiger partial charge in [0.1, 0.15) is 0 Å². The van der Waals surface area contributed by atoms with E-state index in [1.165, 1.54) is 16.5 Å². The molecule has 0 bridgehead atoms. The summed E-state index contributed by atoms with van der Waals surface area (Å²) >= 11 is 0. The first-order valence-electron chi connectivity index (χ1n) is 6.47. The molecule has 0 unspecified atom stereocenters. The molecule has 3 nitrogen and oxygen atoms in total. The lowest BCUT2D eigenvalue weighted by molar-refractivity contribution is 0.814. The number of rotatable bonds is 3. The van der Waals surface area contributed by atoms with Crippen LogP contribution in [-0.4, -0.2) is 16.8 Å². The Balaban J connectivity index is 2.11. The Hall–Kier alpha value is -2.13. The van der Waals surface area contributed by atoms with Crippen molar-refractivity contribution < 1.29 is 0 Å². The van der Waals surface area contributed by atoms with E-state index in [0.717, 1.165) is 17.7 Å². The Labute approximate surface area is 112 Å². The normalized spacial score (nSPS) is 11.1. The molecule has 3 rings (SSSR count). The van der Waals surface area contributed by atoms with Crippen molar-refractivity contribution in [1.29, 1.82) is 0 Å². The first-order chi connectivity index (χ1) is 9.29. The highest BCUT2D eigenvalue weighted by molar-refractivity contribution is 5.80. The van der Waals surface area contributed by atoms with Crippen LogP contribution in [0.25, 0.3) is 16.6 Å². The molecule has 19 heavy (non-hydrogen) atoms. The minimum absolute atomic E-state index is 0.890. The number of benzene rings is 2. The third-order valence-corrected chi connectivity index (χ3v) is 3.35. The summed E-state index contributed by atoms with van der Waals surface area (Å²) in [4.78, 5) is 0. The Morgan fingerprint density at radius 1 is 1.16 bits per heavy atom. The van der Waals surface area contributed by atoms with Crippen molar-refractivity contribution in [2.75, 3.05) is 7.05 Å². The van der Waals surface area contributed by atoms with Crippen molar-refractivity contribution in [2.24, 2.45) is 0 Å². The highest BCUT2D eigenvalue weighted by atomic mass is 15.3. The van der Waals surface area contributed by atoms with Gasteiger partial charge in [0.25, 0.3) is 0 Å². The Kier molecular flexibility index (Phi) is 3.05. The van der Waals surface area contributed by atoms with E-state index < -0.39 is 0 Å². The summed E-state index contributed by atoms with van der Waals surface area (Å²) in [6.07, 6.45) is 1.91. The highest BCUT2D eigenvalue weighted by Crippen LogP contribution is 2.21. The lowest BCUT2D eigenvalue weighted by Crippen LogP contribution is -2.06. The van der Waals surface area contributed by atoms with Crippen molar-refractivity contribution in [1.82, 2.24) is 15.1 Å². The van der Waals surface area contributed by atoms with Gasteiger partial charge in [-0.25, -0.2) is 4.68 Å². The van der Waals surface area contributed by atoms with E-state index in [-0.39, 0.29) is 0 Å². The zero-order chi connectivity index (χ0) is 13.2. The van der Waals surface area contributed by atoms with Crippen molar-refractivity contribution in [3.8, 4) is 5.69 Å². The van der Waals surface area contributed by atoms with Crippen LogP contribution in [0.3, 0.4) is 0 Å². The van der Waals surface area contributed by atoms with Crippen LogP contribution >= 0.6 is 0 Å². The zero-order valence-electron chi connectivity index (χ0n) is 11.2. The number of aromatic nitrogens is 2. The predicted molar refractivity (Wildman–Crippen MR) is 78.6 cm³/mol. The summed E-state index contributed by atoms with van der Waals surface area (Å²) in [5.41, 5.74) is 4.81. The van der Waals surface area contributed by atoms with E-state index in [2.05, 4.69) is 47.7 Å². The summed E-state index contributed by atoms with van der Waals surface area (Å²) in [7, 11) is 1.96. The van der Waals surface area contributed by atoms with E-state index in [4.69, 9.17) is 0 Å². The lowest BCUT2D eigenvalue weighted by Gasteiger charge is -2.09. The molecule has 0 aliphatic heterocycles. The van der Waals surface area contributed by atoms with E-state index in [1.54, 1.807) is 0 Å². The number of aryl methyl sites for hydroxylation is 1. The van der Waals surface area contributed by atoms with E-state index in [9.17, 15) is 0 Å². The van der Waals surface area contributed by atoms with Crippen LogP contribution < -0.4 is 5.32 Å². The fourth-order valence-corrected chi connectivity index (χ4v) is 2.43. The molecule has 1 N–H and O–H groups in total. The Morgan fingerprint density at radius 3 is 2.79 bits per heavy atom. The van der Waals surface area contributed by atoms with Gasteiger partial charge in [-0.3, -0.25) is 0 Å². The van der Waals surface area contributed by atoms with Crippen LogP contribution in [-0.2, 0) is 6.54 Å². The number of para-hydroxylation sites is 1. The molecule has 0 aliphatic carbocycles. The molecule has 0 aliphatic rings. The van der Waals surface area contributed by atoms with Gasteiger partial charge >= 0.3 is 0 Å². The van der Waals surface area contributed by atoms with Crippen LogP contribution in [0.1, 0.15) is 11.1 Å². The fraction of sp³-hybridized carbons (Fsp3) is 0.188. The van der Waals surface area contributed by atoms with Gasteiger partial charge in [0.05, 0.1) is 17.4 Å². The molecule has 1 aromatic heterocycles. The Bertz CT molecular complexity index is 713. The second kappa shape index (κ2) is 4.86. The molecular weight excluding hydrogens is 234 g/mol. The minimum Gasteiger partial charge on any atom is -0.316 e. The summed E-state index contributed by atoms with van der Waals surface area (Å²) in [5.74, 6) is 0. The number of hydrogen-bond donors (Lipinski definition) is 1. The lowest BCUT2D eigenvalue weighted by atomic mass is 10.1. The van der Waals surface area contributed by atoms with Crippen molar-refractivity contribution in [3.63, 3.8) is 0 Å². The maximum absolute atomic E-state index is 4.50. The first-order valence-corrected chi connectivity index (χ1v) is 6.47. The average molecular weight is 251 g/mol. The fourth-order valence-electron chi connectivity index (χ4n) is 2.43. The van der Waals surface area contributed by atoms with Gasteiger partial charge in [-0.15, -0.1) is 0 Å². The highest BCUT2D eigenvalue weighted by Gasteiger charge is 2.07. The number of nitrogens with zero attached hydrogens (tertiary/aromatic N) is 2.